The third-order valence-electron chi connectivity index (χ3n) is 2.40. The first-order valence-corrected chi connectivity index (χ1v) is 5.75. The Morgan fingerprint density at radius 1 is 1.35 bits per heavy atom. The number of non-ortho nitro benzene ring substituents is 1. The zero-order valence-electron chi connectivity index (χ0n) is 8.49. The minimum Gasteiger partial charge on any atom is -0.454 e. The largest absolute Gasteiger partial charge is 0.454 e. The van der Waals surface area contributed by atoms with Crippen LogP contribution in [0.4, 0.5) is 5.69 Å². The maximum absolute atomic E-state index is 10.6. The average Bonchev–Trinajstić information content (AvgIpc) is 2.96. The van der Waals surface area contributed by atoms with E-state index >= 15 is 0 Å². The molecule has 0 aliphatic rings. The van der Waals surface area contributed by atoms with Crippen LogP contribution in [0.15, 0.2) is 39.6 Å². The van der Waals surface area contributed by atoms with Crippen LogP contribution in [0, 0.1) is 10.1 Å². The molecule has 6 heteroatoms. The number of fused-ring (bicyclic) bond motifs is 1. The van der Waals surface area contributed by atoms with E-state index in [9.17, 15) is 10.1 Å². The van der Waals surface area contributed by atoms with Gasteiger partial charge in [-0.15, -0.1) is 11.3 Å². The summed E-state index contributed by atoms with van der Waals surface area (Å²) in [5.74, 6) is 0.627. The molecule has 3 aromatic rings. The number of nitro benzene ring substituents is 1. The quantitative estimate of drug-likeness (QED) is 0.512. The summed E-state index contributed by atoms with van der Waals surface area (Å²) >= 11 is 1.47. The topological polar surface area (TPSA) is 69.2 Å². The molecule has 0 bridgehead atoms. The van der Waals surface area contributed by atoms with Gasteiger partial charge in [-0.05, 0) is 12.1 Å². The van der Waals surface area contributed by atoms with Crippen molar-refractivity contribution in [2.75, 3.05) is 0 Å². The number of thiazole rings is 1. The van der Waals surface area contributed by atoms with Crippen LogP contribution in [-0.2, 0) is 0 Å². The minimum absolute atomic E-state index is 0.0585. The molecule has 0 aliphatic carbocycles. The summed E-state index contributed by atoms with van der Waals surface area (Å²) in [6.07, 6.45) is 0. The molecule has 0 saturated heterocycles. The third-order valence-corrected chi connectivity index (χ3v) is 2.98. The van der Waals surface area contributed by atoms with Crippen molar-refractivity contribution in [2.45, 2.75) is 0 Å². The highest BCUT2D eigenvalue weighted by Gasteiger charge is 2.11. The minimum atomic E-state index is -0.422. The summed E-state index contributed by atoms with van der Waals surface area (Å²) in [5.41, 5.74) is 3.14. The predicted octanol–water partition coefficient (Wildman–Crippen LogP) is 3.46. The number of hydrogen-bond acceptors (Lipinski definition) is 5. The Morgan fingerprint density at radius 2 is 2.24 bits per heavy atom. The van der Waals surface area contributed by atoms with E-state index in [1.165, 1.54) is 23.5 Å². The van der Waals surface area contributed by atoms with Gasteiger partial charge >= 0.3 is 0 Å². The van der Waals surface area contributed by atoms with Crippen molar-refractivity contribution in [3.05, 3.63) is 45.3 Å². The lowest BCUT2D eigenvalue weighted by molar-refractivity contribution is -0.384. The number of rotatable bonds is 2. The summed E-state index contributed by atoms with van der Waals surface area (Å²) in [6, 6.07) is 6.28. The highest BCUT2D eigenvalue weighted by atomic mass is 32.1. The maximum atomic E-state index is 10.6. The van der Waals surface area contributed by atoms with Gasteiger partial charge in [0.15, 0.2) is 5.76 Å². The Balaban J connectivity index is 2.16. The molecule has 0 unspecified atom stereocenters. The number of nitro groups is 1. The molecule has 0 N–H and O–H groups in total. The van der Waals surface area contributed by atoms with Crippen LogP contribution in [0.1, 0.15) is 0 Å². The fourth-order valence-corrected chi connectivity index (χ4v) is 2.15. The normalized spacial score (nSPS) is 10.8. The molecule has 0 atom stereocenters. The van der Waals surface area contributed by atoms with Crippen molar-refractivity contribution in [3.8, 4) is 11.5 Å². The van der Waals surface area contributed by atoms with Gasteiger partial charge < -0.3 is 4.42 Å². The van der Waals surface area contributed by atoms with E-state index < -0.39 is 4.92 Å². The molecule has 0 spiro atoms. The van der Waals surface area contributed by atoms with Gasteiger partial charge in [0.05, 0.1) is 10.4 Å². The van der Waals surface area contributed by atoms with Crippen molar-refractivity contribution in [3.63, 3.8) is 0 Å². The molecule has 3 rings (SSSR count). The van der Waals surface area contributed by atoms with Gasteiger partial charge in [-0.1, -0.05) is 0 Å². The lowest BCUT2D eigenvalue weighted by Crippen LogP contribution is -1.85. The highest BCUT2D eigenvalue weighted by Crippen LogP contribution is 2.29. The van der Waals surface area contributed by atoms with Crippen LogP contribution < -0.4 is 0 Å². The number of aromatic nitrogens is 1. The summed E-state index contributed by atoms with van der Waals surface area (Å²) in [6.45, 7) is 0. The molecular weight excluding hydrogens is 240 g/mol. The number of nitrogens with zero attached hydrogens (tertiary/aromatic N) is 2. The first-order valence-electron chi connectivity index (χ1n) is 4.80. The van der Waals surface area contributed by atoms with E-state index in [0.717, 1.165) is 5.69 Å². The average molecular weight is 246 g/mol. The summed E-state index contributed by atoms with van der Waals surface area (Å²) in [7, 11) is 0. The van der Waals surface area contributed by atoms with Crippen molar-refractivity contribution >= 4 is 28.0 Å². The van der Waals surface area contributed by atoms with Crippen molar-refractivity contribution in [2.24, 2.45) is 0 Å². The Labute approximate surface area is 99.5 Å². The van der Waals surface area contributed by atoms with E-state index in [-0.39, 0.29) is 5.69 Å². The lowest BCUT2D eigenvalue weighted by Gasteiger charge is -1.89. The fourth-order valence-electron chi connectivity index (χ4n) is 1.60. The number of furan rings is 1. The molecule has 2 heterocycles. The Kier molecular flexibility index (Phi) is 2.15. The number of hydrogen-bond donors (Lipinski definition) is 0. The van der Waals surface area contributed by atoms with Gasteiger partial charge in [0.1, 0.15) is 11.3 Å². The smallest absolute Gasteiger partial charge is 0.270 e. The zero-order valence-corrected chi connectivity index (χ0v) is 9.31. The fraction of sp³-hybridized carbons (Fsp3) is 0. The van der Waals surface area contributed by atoms with E-state index in [1.54, 1.807) is 17.6 Å². The van der Waals surface area contributed by atoms with Crippen molar-refractivity contribution in [1.82, 2.24) is 4.98 Å². The van der Waals surface area contributed by atoms with Gasteiger partial charge in [-0.3, -0.25) is 10.1 Å². The van der Waals surface area contributed by atoms with Crippen LogP contribution in [0.5, 0.6) is 0 Å². The molecule has 5 nitrogen and oxygen atoms in total. The van der Waals surface area contributed by atoms with E-state index in [2.05, 4.69) is 4.98 Å². The molecule has 0 radical (unpaired) electrons. The number of benzene rings is 1. The molecular formula is C11H6N2O3S. The Bertz CT molecular complexity index is 688. The highest BCUT2D eigenvalue weighted by molar-refractivity contribution is 7.07. The Morgan fingerprint density at radius 3 is 2.94 bits per heavy atom. The molecule has 1 aromatic carbocycles. The predicted molar refractivity (Wildman–Crippen MR) is 64.0 cm³/mol. The van der Waals surface area contributed by atoms with Gasteiger partial charge in [0.2, 0.25) is 0 Å². The monoisotopic (exact) mass is 246 g/mol. The van der Waals surface area contributed by atoms with E-state index in [0.29, 0.717) is 16.7 Å². The first kappa shape index (κ1) is 9.98. The van der Waals surface area contributed by atoms with Gasteiger partial charge in [-0.2, -0.15) is 0 Å². The van der Waals surface area contributed by atoms with Crippen LogP contribution >= 0.6 is 11.3 Å². The van der Waals surface area contributed by atoms with Gasteiger partial charge in [-0.25, -0.2) is 4.98 Å². The van der Waals surface area contributed by atoms with Crippen molar-refractivity contribution in [1.29, 1.82) is 0 Å². The van der Waals surface area contributed by atoms with Gasteiger partial charge in [0, 0.05) is 22.9 Å². The van der Waals surface area contributed by atoms with E-state index in [1.807, 2.05) is 5.38 Å². The molecule has 17 heavy (non-hydrogen) atoms. The summed E-state index contributed by atoms with van der Waals surface area (Å²) in [4.78, 5) is 14.4. The Hall–Kier alpha value is -2.21. The molecule has 0 saturated carbocycles. The molecule has 0 fully saturated rings. The lowest BCUT2D eigenvalue weighted by atomic mass is 10.2. The molecule has 84 valence electrons. The second-order valence-electron chi connectivity index (χ2n) is 3.46. The maximum Gasteiger partial charge on any atom is 0.270 e. The zero-order chi connectivity index (χ0) is 11.8. The van der Waals surface area contributed by atoms with Crippen LogP contribution in [-0.4, -0.2) is 9.91 Å². The standard InChI is InChI=1S/C11H6N2O3S/c14-13(15)8-1-2-10-7(3-8)4-11(16-10)9-5-17-6-12-9/h1-6H. The molecule has 0 amide bonds. The summed E-state index contributed by atoms with van der Waals surface area (Å²) < 4.78 is 5.57. The summed E-state index contributed by atoms with van der Waals surface area (Å²) in [5, 5.41) is 13.2. The second kappa shape index (κ2) is 3.67. The third kappa shape index (κ3) is 1.68. The van der Waals surface area contributed by atoms with E-state index in [4.69, 9.17) is 4.42 Å². The van der Waals surface area contributed by atoms with Crippen LogP contribution in [0.2, 0.25) is 0 Å². The van der Waals surface area contributed by atoms with Crippen LogP contribution in [0.3, 0.4) is 0 Å². The second-order valence-corrected chi connectivity index (χ2v) is 4.18. The molecule has 0 aliphatic heterocycles. The first-order chi connectivity index (χ1) is 8.24. The van der Waals surface area contributed by atoms with Gasteiger partial charge in [0.25, 0.3) is 5.69 Å². The SMILES string of the molecule is O=[N+]([O-])c1ccc2oc(-c3cscn3)cc2c1. The van der Waals surface area contributed by atoms with Crippen LogP contribution in [0.25, 0.3) is 22.4 Å². The molecule has 2 aromatic heterocycles. The van der Waals surface area contributed by atoms with Crippen molar-refractivity contribution < 1.29 is 9.34 Å².